The Hall–Kier alpha value is -0.0100. The molecule has 0 atom stereocenters. The molecular formula is C13H18BrCl. The van der Waals surface area contributed by atoms with E-state index in [2.05, 4.69) is 48.8 Å². The highest BCUT2D eigenvalue weighted by Gasteiger charge is 2.08. The molecule has 0 aliphatic heterocycles. The van der Waals surface area contributed by atoms with Gasteiger partial charge in [0.2, 0.25) is 0 Å². The van der Waals surface area contributed by atoms with E-state index >= 15 is 0 Å². The van der Waals surface area contributed by atoms with Gasteiger partial charge < -0.3 is 0 Å². The molecule has 1 aromatic rings. The van der Waals surface area contributed by atoms with Gasteiger partial charge in [-0.25, -0.2) is 0 Å². The number of alkyl halides is 1. The zero-order chi connectivity index (χ0) is 11.4. The van der Waals surface area contributed by atoms with E-state index in [0.717, 1.165) is 12.8 Å². The molecule has 0 aromatic heterocycles. The zero-order valence-corrected chi connectivity index (χ0v) is 12.0. The number of halogens is 2. The van der Waals surface area contributed by atoms with Gasteiger partial charge in [0, 0.05) is 10.4 Å². The van der Waals surface area contributed by atoms with Crippen LogP contribution in [0.4, 0.5) is 0 Å². The Balaban J connectivity index is 3.09. The first-order valence-corrected chi connectivity index (χ1v) is 6.77. The number of hydrogen-bond donors (Lipinski definition) is 0. The lowest BCUT2D eigenvalue weighted by Gasteiger charge is -2.13. The molecule has 2 heteroatoms. The average Bonchev–Trinajstić information content (AvgIpc) is 2.17. The summed E-state index contributed by atoms with van der Waals surface area (Å²) >= 11 is 9.60. The maximum Gasteiger partial charge on any atom is 0.0476 e. The van der Waals surface area contributed by atoms with Gasteiger partial charge in [-0.1, -0.05) is 42.8 Å². The van der Waals surface area contributed by atoms with E-state index in [1.807, 2.05) is 0 Å². The second kappa shape index (κ2) is 5.91. The van der Waals surface area contributed by atoms with Crippen LogP contribution in [0.2, 0.25) is 0 Å². The summed E-state index contributed by atoms with van der Waals surface area (Å²) < 4.78 is 1.22. The summed E-state index contributed by atoms with van der Waals surface area (Å²) in [5.74, 6) is 1.29. The maximum atomic E-state index is 5.98. The molecule has 0 nitrogen and oxygen atoms in total. The van der Waals surface area contributed by atoms with E-state index in [0.29, 0.717) is 11.8 Å². The van der Waals surface area contributed by atoms with Gasteiger partial charge in [-0.15, -0.1) is 11.6 Å². The van der Waals surface area contributed by atoms with Gasteiger partial charge in [-0.3, -0.25) is 0 Å². The third-order valence-electron chi connectivity index (χ3n) is 2.52. The summed E-state index contributed by atoms with van der Waals surface area (Å²) in [6.07, 6.45) is 2.15. The van der Waals surface area contributed by atoms with Crippen LogP contribution in [0, 0.1) is 5.92 Å². The number of benzene rings is 1. The Kier molecular flexibility index (Phi) is 5.14. The lowest BCUT2D eigenvalue weighted by Crippen LogP contribution is -2.00. The summed E-state index contributed by atoms with van der Waals surface area (Å²) in [5, 5.41) is 0. The van der Waals surface area contributed by atoms with Gasteiger partial charge in [-0.2, -0.15) is 0 Å². The van der Waals surface area contributed by atoms with Crippen molar-refractivity contribution < 1.29 is 0 Å². The smallest absolute Gasteiger partial charge is 0.0476 e. The largest absolute Gasteiger partial charge is 0.122 e. The van der Waals surface area contributed by atoms with Crippen molar-refractivity contribution >= 4 is 27.5 Å². The molecule has 0 N–H and O–H groups in total. The fraction of sp³-hybridized carbons (Fsp3) is 0.538. The van der Waals surface area contributed by atoms with E-state index in [1.54, 1.807) is 0 Å². The van der Waals surface area contributed by atoms with Crippen LogP contribution in [-0.2, 0) is 18.7 Å². The minimum absolute atomic E-state index is 0.613. The van der Waals surface area contributed by atoms with Crippen molar-refractivity contribution in [1.29, 1.82) is 0 Å². The van der Waals surface area contributed by atoms with Crippen LogP contribution in [0.3, 0.4) is 0 Å². The van der Waals surface area contributed by atoms with E-state index in [-0.39, 0.29) is 0 Å². The molecule has 84 valence electrons. The highest BCUT2D eigenvalue weighted by molar-refractivity contribution is 9.10. The molecule has 0 radical (unpaired) electrons. The van der Waals surface area contributed by atoms with Crippen LogP contribution in [0.15, 0.2) is 16.6 Å². The summed E-state index contributed by atoms with van der Waals surface area (Å²) in [5.41, 5.74) is 4.01. The van der Waals surface area contributed by atoms with Crippen molar-refractivity contribution in [2.75, 3.05) is 0 Å². The van der Waals surface area contributed by atoms with E-state index in [9.17, 15) is 0 Å². The first-order chi connectivity index (χ1) is 7.08. The Morgan fingerprint density at radius 1 is 1.20 bits per heavy atom. The summed E-state index contributed by atoms with van der Waals surface area (Å²) in [6.45, 7) is 6.64. The molecule has 0 unspecified atom stereocenters. The average molecular weight is 290 g/mol. The topological polar surface area (TPSA) is 0 Å². The Morgan fingerprint density at radius 3 is 2.33 bits per heavy atom. The Morgan fingerprint density at radius 2 is 1.87 bits per heavy atom. The Labute approximate surface area is 106 Å². The molecule has 0 heterocycles. The van der Waals surface area contributed by atoms with Crippen LogP contribution in [0.25, 0.3) is 0 Å². The molecule has 0 aliphatic rings. The van der Waals surface area contributed by atoms with Crippen molar-refractivity contribution in [2.45, 2.75) is 39.5 Å². The SMILES string of the molecule is CCc1cc(CCl)c(CC(C)C)cc1Br. The van der Waals surface area contributed by atoms with Gasteiger partial charge in [0.1, 0.15) is 0 Å². The second-order valence-corrected chi connectivity index (χ2v) is 5.42. The van der Waals surface area contributed by atoms with Crippen molar-refractivity contribution in [3.05, 3.63) is 33.3 Å². The molecule has 15 heavy (non-hydrogen) atoms. The van der Waals surface area contributed by atoms with Gasteiger partial charge in [0.05, 0.1) is 0 Å². The first-order valence-electron chi connectivity index (χ1n) is 5.44. The van der Waals surface area contributed by atoms with Crippen molar-refractivity contribution in [2.24, 2.45) is 5.92 Å². The number of hydrogen-bond acceptors (Lipinski definition) is 0. The summed E-state index contributed by atoms with van der Waals surface area (Å²) in [6, 6.07) is 4.46. The van der Waals surface area contributed by atoms with Crippen molar-refractivity contribution in [3.63, 3.8) is 0 Å². The summed E-state index contributed by atoms with van der Waals surface area (Å²) in [4.78, 5) is 0. The molecule has 0 fully saturated rings. The molecule has 0 aliphatic carbocycles. The van der Waals surface area contributed by atoms with Gasteiger partial charge in [0.25, 0.3) is 0 Å². The van der Waals surface area contributed by atoms with E-state index in [4.69, 9.17) is 11.6 Å². The van der Waals surface area contributed by atoms with Crippen LogP contribution < -0.4 is 0 Å². The highest BCUT2D eigenvalue weighted by Crippen LogP contribution is 2.25. The van der Waals surface area contributed by atoms with Crippen LogP contribution in [-0.4, -0.2) is 0 Å². The molecule has 0 amide bonds. The van der Waals surface area contributed by atoms with E-state index in [1.165, 1.54) is 21.2 Å². The third kappa shape index (κ3) is 3.49. The first kappa shape index (κ1) is 13.1. The van der Waals surface area contributed by atoms with Gasteiger partial charge in [-0.05, 0) is 41.5 Å². The fourth-order valence-corrected chi connectivity index (χ4v) is 2.66. The van der Waals surface area contributed by atoms with Crippen molar-refractivity contribution in [3.8, 4) is 0 Å². The summed E-state index contributed by atoms with van der Waals surface area (Å²) in [7, 11) is 0. The second-order valence-electron chi connectivity index (χ2n) is 4.30. The lowest BCUT2D eigenvalue weighted by molar-refractivity contribution is 0.644. The van der Waals surface area contributed by atoms with Gasteiger partial charge >= 0.3 is 0 Å². The monoisotopic (exact) mass is 288 g/mol. The van der Waals surface area contributed by atoms with Crippen LogP contribution >= 0.6 is 27.5 Å². The minimum Gasteiger partial charge on any atom is -0.122 e. The van der Waals surface area contributed by atoms with Crippen molar-refractivity contribution in [1.82, 2.24) is 0 Å². The fourth-order valence-electron chi connectivity index (χ4n) is 1.74. The molecular weight excluding hydrogens is 272 g/mol. The molecule has 0 saturated heterocycles. The molecule has 0 bridgehead atoms. The standard InChI is InChI=1S/C13H18BrCl/c1-4-10-6-12(8-15)11(5-9(2)3)7-13(10)14/h6-7,9H,4-5,8H2,1-3H3. The Bertz CT molecular complexity index is 332. The maximum absolute atomic E-state index is 5.98. The predicted octanol–water partition coefficient (Wildman–Crippen LogP) is 4.95. The van der Waals surface area contributed by atoms with E-state index < -0.39 is 0 Å². The zero-order valence-electron chi connectivity index (χ0n) is 9.61. The number of aryl methyl sites for hydroxylation is 1. The lowest BCUT2D eigenvalue weighted by atomic mass is 9.96. The molecule has 0 saturated carbocycles. The van der Waals surface area contributed by atoms with Gasteiger partial charge in [0.15, 0.2) is 0 Å². The molecule has 1 aromatic carbocycles. The normalized spacial score (nSPS) is 11.1. The minimum atomic E-state index is 0.613. The van der Waals surface area contributed by atoms with Crippen LogP contribution in [0.5, 0.6) is 0 Å². The highest BCUT2D eigenvalue weighted by atomic mass is 79.9. The molecule has 1 rings (SSSR count). The molecule has 0 spiro atoms. The predicted molar refractivity (Wildman–Crippen MR) is 71.6 cm³/mol. The van der Waals surface area contributed by atoms with Crippen LogP contribution in [0.1, 0.15) is 37.5 Å². The quantitative estimate of drug-likeness (QED) is 0.688. The number of rotatable bonds is 4. The third-order valence-corrected chi connectivity index (χ3v) is 3.55.